The second kappa shape index (κ2) is 4.48. The summed E-state index contributed by atoms with van der Waals surface area (Å²) >= 11 is 0. The zero-order valence-corrected chi connectivity index (χ0v) is 8.54. The van der Waals surface area contributed by atoms with Gasteiger partial charge in [0.2, 0.25) is 0 Å². The fraction of sp³-hybridized carbons (Fsp3) is 0.250. The molecule has 0 spiro atoms. The molecule has 2 heteroatoms. The number of anilines is 1. The molecule has 0 atom stereocenters. The Labute approximate surface area is 84.7 Å². The van der Waals surface area contributed by atoms with Crippen LogP contribution in [0.5, 0.6) is 0 Å². The topological polar surface area (TPSA) is 49.8 Å². The Morgan fingerprint density at radius 2 is 1.93 bits per heavy atom. The van der Waals surface area contributed by atoms with E-state index >= 15 is 0 Å². The van der Waals surface area contributed by atoms with Gasteiger partial charge in [-0.15, -0.1) is 0 Å². The lowest BCUT2D eigenvalue weighted by molar-refractivity contribution is 1.33. The lowest BCUT2D eigenvalue weighted by Crippen LogP contribution is -1.91. The SMILES string of the molecule is Cc1cc(N)cc(C)c1C=CCC#N. The third-order valence-electron chi connectivity index (χ3n) is 2.11. The summed E-state index contributed by atoms with van der Waals surface area (Å²) in [6.07, 6.45) is 4.29. The minimum Gasteiger partial charge on any atom is -0.399 e. The molecule has 0 heterocycles. The highest BCUT2D eigenvalue weighted by Crippen LogP contribution is 2.19. The summed E-state index contributed by atoms with van der Waals surface area (Å²) in [5.41, 5.74) is 9.96. The maximum atomic E-state index is 8.41. The Hall–Kier alpha value is -1.75. The molecule has 0 amide bonds. The predicted octanol–water partition coefficient (Wildman–Crippen LogP) is 2.81. The lowest BCUT2D eigenvalue weighted by Gasteiger charge is -2.06. The number of aryl methyl sites for hydroxylation is 2. The van der Waals surface area contributed by atoms with Crippen LogP contribution in [0.15, 0.2) is 18.2 Å². The molecular weight excluding hydrogens is 172 g/mol. The van der Waals surface area contributed by atoms with Crippen LogP contribution in [0.2, 0.25) is 0 Å². The van der Waals surface area contributed by atoms with Crippen molar-refractivity contribution in [3.8, 4) is 6.07 Å². The van der Waals surface area contributed by atoms with Gasteiger partial charge in [-0.3, -0.25) is 0 Å². The average Bonchev–Trinajstić information content (AvgIpc) is 2.09. The Morgan fingerprint density at radius 3 is 2.43 bits per heavy atom. The molecule has 0 saturated heterocycles. The molecule has 1 aromatic carbocycles. The molecule has 0 bridgehead atoms. The van der Waals surface area contributed by atoms with Crippen LogP contribution in [-0.4, -0.2) is 0 Å². The van der Waals surface area contributed by atoms with Crippen LogP contribution < -0.4 is 5.73 Å². The second-order valence-electron chi connectivity index (χ2n) is 3.33. The Kier molecular flexibility index (Phi) is 3.30. The zero-order valence-electron chi connectivity index (χ0n) is 8.54. The number of hydrogen-bond acceptors (Lipinski definition) is 2. The van der Waals surface area contributed by atoms with Gasteiger partial charge in [-0.05, 0) is 42.7 Å². The normalized spacial score (nSPS) is 10.4. The third-order valence-corrected chi connectivity index (χ3v) is 2.11. The molecule has 0 fully saturated rings. The van der Waals surface area contributed by atoms with Gasteiger partial charge in [-0.1, -0.05) is 12.2 Å². The third kappa shape index (κ3) is 2.37. The zero-order chi connectivity index (χ0) is 10.6. The van der Waals surface area contributed by atoms with Gasteiger partial charge in [0.05, 0.1) is 12.5 Å². The molecule has 0 aliphatic carbocycles. The molecule has 0 unspecified atom stereocenters. The molecular formula is C12H14N2. The summed E-state index contributed by atoms with van der Waals surface area (Å²) in [4.78, 5) is 0. The molecule has 2 N–H and O–H groups in total. The molecule has 2 nitrogen and oxygen atoms in total. The van der Waals surface area contributed by atoms with Gasteiger partial charge in [0.15, 0.2) is 0 Å². The number of benzene rings is 1. The van der Waals surface area contributed by atoms with E-state index < -0.39 is 0 Å². The first kappa shape index (κ1) is 10.3. The standard InChI is InChI=1S/C12H14N2/c1-9-7-11(14)8-10(2)12(9)5-3-4-6-13/h3,5,7-8H,4,14H2,1-2H3. The molecule has 0 radical (unpaired) electrons. The van der Waals surface area contributed by atoms with Gasteiger partial charge in [0, 0.05) is 5.69 Å². The van der Waals surface area contributed by atoms with Crippen LogP contribution >= 0.6 is 0 Å². The van der Waals surface area contributed by atoms with Crippen LogP contribution in [0.25, 0.3) is 6.08 Å². The van der Waals surface area contributed by atoms with Crippen LogP contribution in [-0.2, 0) is 0 Å². The second-order valence-corrected chi connectivity index (χ2v) is 3.33. The van der Waals surface area contributed by atoms with Crippen molar-refractivity contribution in [3.63, 3.8) is 0 Å². The average molecular weight is 186 g/mol. The van der Waals surface area contributed by atoms with Crippen molar-refractivity contribution in [2.75, 3.05) is 5.73 Å². The highest BCUT2D eigenvalue weighted by Gasteiger charge is 1.99. The van der Waals surface area contributed by atoms with E-state index in [0.717, 1.165) is 22.4 Å². The summed E-state index contributed by atoms with van der Waals surface area (Å²) < 4.78 is 0. The first-order valence-corrected chi connectivity index (χ1v) is 4.55. The molecule has 0 aromatic heterocycles. The molecule has 72 valence electrons. The smallest absolute Gasteiger partial charge is 0.0663 e. The van der Waals surface area contributed by atoms with Crippen molar-refractivity contribution in [1.29, 1.82) is 5.26 Å². The van der Waals surface area contributed by atoms with Crippen molar-refractivity contribution in [3.05, 3.63) is 34.9 Å². The van der Waals surface area contributed by atoms with E-state index in [2.05, 4.69) is 6.07 Å². The van der Waals surface area contributed by atoms with Crippen molar-refractivity contribution < 1.29 is 0 Å². The number of rotatable bonds is 2. The van der Waals surface area contributed by atoms with Gasteiger partial charge in [0.1, 0.15) is 0 Å². The number of nitrogens with zero attached hydrogens (tertiary/aromatic N) is 1. The fourth-order valence-corrected chi connectivity index (χ4v) is 1.50. The first-order valence-electron chi connectivity index (χ1n) is 4.55. The molecule has 0 aliphatic heterocycles. The maximum Gasteiger partial charge on any atom is 0.0663 e. The van der Waals surface area contributed by atoms with Crippen molar-refractivity contribution >= 4 is 11.8 Å². The minimum atomic E-state index is 0.448. The largest absolute Gasteiger partial charge is 0.399 e. The van der Waals surface area contributed by atoms with E-state index in [9.17, 15) is 0 Å². The Morgan fingerprint density at radius 1 is 1.36 bits per heavy atom. The first-order chi connectivity index (χ1) is 6.65. The van der Waals surface area contributed by atoms with E-state index in [1.807, 2.05) is 38.1 Å². The number of hydrogen-bond donors (Lipinski definition) is 1. The highest BCUT2D eigenvalue weighted by atomic mass is 14.5. The van der Waals surface area contributed by atoms with Crippen LogP contribution in [0.4, 0.5) is 5.69 Å². The number of nitrogens with two attached hydrogens (primary N) is 1. The molecule has 0 saturated carbocycles. The maximum absolute atomic E-state index is 8.41. The monoisotopic (exact) mass is 186 g/mol. The van der Waals surface area contributed by atoms with E-state index in [-0.39, 0.29) is 0 Å². The molecule has 0 aliphatic rings. The van der Waals surface area contributed by atoms with Gasteiger partial charge in [0.25, 0.3) is 0 Å². The van der Waals surface area contributed by atoms with Crippen LogP contribution in [0.3, 0.4) is 0 Å². The minimum absolute atomic E-state index is 0.448. The summed E-state index contributed by atoms with van der Waals surface area (Å²) in [5.74, 6) is 0. The quantitative estimate of drug-likeness (QED) is 0.722. The van der Waals surface area contributed by atoms with E-state index in [1.165, 1.54) is 0 Å². The highest BCUT2D eigenvalue weighted by molar-refractivity contribution is 5.62. The summed E-state index contributed by atoms with van der Waals surface area (Å²) in [5, 5.41) is 8.41. The van der Waals surface area contributed by atoms with Crippen LogP contribution in [0, 0.1) is 25.2 Å². The number of nitriles is 1. The van der Waals surface area contributed by atoms with E-state index in [1.54, 1.807) is 0 Å². The van der Waals surface area contributed by atoms with Crippen LogP contribution in [0.1, 0.15) is 23.1 Å². The summed E-state index contributed by atoms with van der Waals surface area (Å²) in [7, 11) is 0. The molecule has 14 heavy (non-hydrogen) atoms. The number of nitrogen functional groups attached to an aromatic ring is 1. The summed E-state index contributed by atoms with van der Waals surface area (Å²) in [6.45, 7) is 4.05. The predicted molar refractivity (Wildman–Crippen MR) is 59.6 cm³/mol. The van der Waals surface area contributed by atoms with Gasteiger partial charge in [-0.25, -0.2) is 0 Å². The Balaban J connectivity index is 3.04. The number of allylic oxidation sites excluding steroid dienone is 1. The van der Waals surface area contributed by atoms with Crippen molar-refractivity contribution in [1.82, 2.24) is 0 Å². The fourth-order valence-electron chi connectivity index (χ4n) is 1.50. The van der Waals surface area contributed by atoms with Gasteiger partial charge in [-0.2, -0.15) is 5.26 Å². The Bertz CT molecular complexity index is 374. The molecule has 1 rings (SSSR count). The van der Waals surface area contributed by atoms with Crippen molar-refractivity contribution in [2.24, 2.45) is 0 Å². The van der Waals surface area contributed by atoms with Gasteiger partial charge >= 0.3 is 0 Å². The van der Waals surface area contributed by atoms with E-state index in [0.29, 0.717) is 6.42 Å². The van der Waals surface area contributed by atoms with Gasteiger partial charge < -0.3 is 5.73 Å². The van der Waals surface area contributed by atoms with E-state index in [4.69, 9.17) is 11.0 Å². The van der Waals surface area contributed by atoms with Crippen molar-refractivity contribution in [2.45, 2.75) is 20.3 Å². The molecule has 1 aromatic rings. The summed E-state index contributed by atoms with van der Waals surface area (Å²) in [6, 6.07) is 5.96. The lowest BCUT2D eigenvalue weighted by atomic mass is 10.0.